The van der Waals surface area contributed by atoms with Crippen LogP contribution in [0.4, 0.5) is 0 Å². The number of benzene rings is 4. The van der Waals surface area contributed by atoms with Crippen molar-refractivity contribution in [2.75, 3.05) is 66.1 Å². The van der Waals surface area contributed by atoms with Crippen molar-refractivity contribution in [3.05, 3.63) is 128 Å². The molecule has 0 fully saturated rings. The Kier molecular flexibility index (Phi) is 14.9. The van der Waals surface area contributed by atoms with E-state index in [1.165, 1.54) is 22.3 Å². The lowest BCUT2D eigenvalue weighted by Gasteiger charge is -2.32. The second-order valence-corrected chi connectivity index (χ2v) is 13.3. The molecule has 1 aliphatic rings. The standard InChI is InChI=1S/C39H44Br2O6/c40-33-11-13-35-36-14-12-34(41)28-38(36)39(37(35)27-33,15-17-42-19-21-44-23-25-46-29-31-7-3-1-4-8-31)16-18-43-20-22-45-24-26-47-30-32-9-5-2-6-10-32/h1-14,27-28H,15-26,29-30H2. The number of hydrogen-bond donors (Lipinski definition) is 0. The van der Waals surface area contributed by atoms with Gasteiger partial charge in [-0.05, 0) is 70.5 Å². The van der Waals surface area contributed by atoms with E-state index < -0.39 is 0 Å². The first kappa shape index (κ1) is 35.9. The molecule has 4 aromatic carbocycles. The molecule has 0 atom stereocenters. The fourth-order valence-electron chi connectivity index (χ4n) is 6.00. The zero-order valence-electron chi connectivity index (χ0n) is 26.8. The van der Waals surface area contributed by atoms with Crippen molar-refractivity contribution < 1.29 is 28.4 Å². The highest BCUT2D eigenvalue weighted by Gasteiger charge is 2.43. The van der Waals surface area contributed by atoms with E-state index in [0.29, 0.717) is 79.3 Å². The fourth-order valence-corrected chi connectivity index (χ4v) is 6.73. The molecule has 0 heterocycles. The number of rotatable bonds is 22. The summed E-state index contributed by atoms with van der Waals surface area (Å²) in [4.78, 5) is 0. The molecular formula is C39H44Br2O6. The summed E-state index contributed by atoms with van der Waals surface area (Å²) in [5, 5.41) is 0. The smallest absolute Gasteiger partial charge is 0.0718 e. The van der Waals surface area contributed by atoms with Gasteiger partial charge in [0.15, 0.2) is 0 Å². The molecule has 1 aliphatic carbocycles. The molecular weight excluding hydrogens is 724 g/mol. The van der Waals surface area contributed by atoms with Crippen molar-refractivity contribution in [3.63, 3.8) is 0 Å². The molecule has 4 aromatic rings. The molecule has 6 nitrogen and oxygen atoms in total. The summed E-state index contributed by atoms with van der Waals surface area (Å²) in [7, 11) is 0. The largest absolute Gasteiger partial charge is 0.379 e. The predicted octanol–water partition coefficient (Wildman–Crippen LogP) is 8.76. The van der Waals surface area contributed by atoms with Crippen LogP contribution in [0.1, 0.15) is 35.1 Å². The van der Waals surface area contributed by atoms with Crippen molar-refractivity contribution in [1.82, 2.24) is 0 Å². The van der Waals surface area contributed by atoms with E-state index >= 15 is 0 Å². The number of hydrogen-bond acceptors (Lipinski definition) is 6. The van der Waals surface area contributed by atoms with Crippen LogP contribution in [0, 0.1) is 0 Å². The van der Waals surface area contributed by atoms with Crippen LogP contribution in [0.5, 0.6) is 0 Å². The summed E-state index contributed by atoms with van der Waals surface area (Å²) in [5.41, 5.74) is 7.25. The Morgan fingerprint density at radius 1 is 0.404 bits per heavy atom. The maximum absolute atomic E-state index is 6.14. The Bertz CT molecular complexity index is 1370. The third-order valence-electron chi connectivity index (χ3n) is 8.34. The fraction of sp³-hybridized carbons (Fsp3) is 0.385. The second-order valence-electron chi connectivity index (χ2n) is 11.5. The van der Waals surface area contributed by atoms with Gasteiger partial charge < -0.3 is 28.4 Å². The van der Waals surface area contributed by atoms with E-state index in [9.17, 15) is 0 Å². The lowest BCUT2D eigenvalue weighted by Crippen LogP contribution is -2.30. The van der Waals surface area contributed by atoms with Gasteiger partial charge in [-0.15, -0.1) is 0 Å². The van der Waals surface area contributed by atoms with Gasteiger partial charge in [-0.1, -0.05) is 105 Å². The first-order chi connectivity index (χ1) is 23.2. The van der Waals surface area contributed by atoms with Crippen molar-refractivity contribution in [2.24, 2.45) is 0 Å². The molecule has 0 saturated carbocycles. The van der Waals surface area contributed by atoms with Crippen molar-refractivity contribution >= 4 is 31.9 Å². The third-order valence-corrected chi connectivity index (χ3v) is 9.33. The van der Waals surface area contributed by atoms with Gasteiger partial charge in [0.25, 0.3) is 0 Å². The van der Waals surface area contributed by atoms with E-state index in [4.69, 9.17) is 28.4 Å². The molecule has 5 rings (SSSR count). The minimum Gasteiger partial charge on any atom is -0.379 e. The number of halogens is 2. The zero-order chi connectivity index (χ0) is 32.6. The van der Waals surface area contributed by atoms with Crippen LogP contribution in [-0.2, 0) is 47.0 Å². The maximum Gasteiger partial charge on any atom is 0.0718 e. The average molecular weight is 769 g/mol. The number of fused-ring (bicyclic) bond motifs is 3. The zero-order valence-corrected chi connectivity index (χ0v) is 30.0. The van der Waals surface area contributed by atoms with Crippen LogP contribution < -0.4 is 0 Å². The first-order valence-corrected chi connectivity index (χ1v) is 17.9. The normalized spacial score (nSPS) is 13.1. The van der Waals surface area contributed by atoms with Gasteiger partial charge in [-0.2, -0.15) is 0 Å². The van der Waals surface area contributed by atoms with E-state index in [-0.39, 0.29) is 5.41 Å². The Balaban J connectivity index is 1.07. The highest BCUT2D eigenvalue weighted by atomic mass is 79.9. The van der Waals surface area contributed by atoms with E-state index in [1.807, 2.05) is 36.4 Å². The summed E-state index contributed by atoms with van der Waals surface area (Å²) in [6, 6.07) is 33.6. The minimum absolute atomic E-state index is 0.240. The van der Waals surface area contributed by atoms with Crippen molar-refractivity contribution in [2.45, 2.75) is 31.5 Å². The molecule has 0 bridgehead atoms. The molecule has 8 heteroatoms. The lowest BCUT2D eigenvalue weighted by atomic mass is 9.73. The van der Waals surface area contributed by atoms with E-state index in [1.54, 1.807) is 0 Å². The first-order valence-electron chi connectivity index (χ1n) is 16.3. The lowest BCUT2D eigenvalue weighted by molar-refractivity contribution is 0.00336. The van der Waals surface area contributed by atoms with Crippen LogP contribution in [-0.4, -0.2) is 66.1 Å². The predicted molar refractivity (Wildman–Crippen MR) is 193 cm³/mol. The summed E-state index contributed by atoms with van der Waals surface area (Å²) < 4.78 is 37.4. The van der Waals surface area contributed by atoms with Crippen LogP contribution >= 0.6 is 31.9 Å². The van der Waals surface area contributed by atoms with Crippen LogP contribution in [0.2, 0.25) is 0 Å². The summed E-state index contributed by atoms with van der Waals surface area (Å²) in [6.07, 6.45) is 1.66. The van der Waals surface area contributed by atoms with Gasteiger partial charge in [0.05, 0.1) is 66.1 Å². The molecule has 0 spiro atoms. The Labute approximate surface area is 295 Å². The molecule has 0 unspecified atom stereocenters. The molecule has 250 valence electrons. The van der Waals surface area contributed by atoms with E-state index in [2.05, 4.69) is 92.5 Å². The molecule has 0 amide bonds. The molecule has 0 aliphatic heterocycles. The van der Waals surface area contributed by atoms with Crippen molar-refractivity contribution in [1.29, 1.82) is 0 Å². The molecule has 0 aromatic heterocycles. The summed E-state index contributed by atoms with van der Waals surface area (Å²) in [5.74, 6) is 0. The summed E-state index contributed by atoms with van der Waals surface area (Å²) >= 11 is 7.47. The monoisotopic (exact) mass is 766 g/mol. The summed E-state index contributed by atoms with van der Waals surface area (Å²) in [6.45, 7) is 6.76. The van der Waals surface area contributed by atoms with Gasteiger partial charge in [0.1, 0.15) is 0 Å². The van der Waals surface area contributed by atoms with Crippen LogP contribution in [0.15, 0.2) is 106 Å². The molecule has 47 heavy (non-hydrogen) atoms. The van der Waals surface area contributed by atoms with Gasteiger partial charge in [0, 0.05) is 27.6 Å². The minimum atomic E-state index is -0.240. The van der Waals surface area contributed by atoms with Crippen LogP contribution in [0.25, 0.3) is 11.1 Å². The molecule has 0 N–H and O–H groups in total. The van der Waals surface area contributed by atoms with Gasteiger partial charge in [-0.3, -0.25) is 0 Å². The molecule has 0 radical (unpaired) electrons. The van der Waals surface area contributed by atoms with Gasteiger partial charge in [0.2, 0.25) is 0 Å². The highest BCUT2D eigenvalue weighted by Crippen LogP contribution is 2.54. The van der Waals surface area contributed by atoms with Crippen LogP contribution in [0.3, 0.4) is 0 Å². The quantitative estimate of drug-likeness (QED) is 0.0746. The van der Waals surface area contributed by atoms with E-state index in [0.717, 1.165) is 32.9 Å². The second kappa shape index (κ2) is 19.6. The van der Waals surface area contributed by atoms with Gasteiger partial charge in [-0.25, -0.2) is 0 Å². The Morgan fingerprint density at radius 2 is 0.766 bits per heavy atom. The highest BCUT2D eigenvalue weighted by molar-refractivity contribution is 9.10. The maximum atomic E-state index is 6.14. The average Bonchev–Trinajstić information content (AvgIpc) is 3.35. The Morgan fingerprint density at radius 3 is 1.17 bits per heavy atom. The number of ether oxygens (including phenoxy) is 6. The van der Waals surface area contributed by atoms with Crippen molar-refractivity contribution in [3.8, 4) is 11.1 Å². The van der Waals surface area contributed by atoms with Gasteiger partial charge >= 0.3 is 0 Å². The molecule has 0 saturated heterocycles. The SMILES string of the molecule is Brc1ccc2c(c1)C(CCOCCOCCOCc1ccccc1)(CCOCCOCCOCc1ccccc1)c1cc(Br)ccc1-2. The third kappa shape index (κ3) is 10.8. The topological polar surface area (TPSA) is 55.4 Å². The Hall–Kier alpha value is -2.40.